The van der Waals surface area contributed by atoms with Gasteiger partial charge in [-0.2, -0.15) is 0 Å². The molecule has 0 amide bonds. The van der Waals surface area contributed by atoms with E-state index >= 15 is 0 Å². The van der Waals surface area contributed by atoms with Gasteiger partial charge in [0.15, 0.2) is 0 Å². The van der Waals surface area contributed by atoms with E-state index in [9.17, 15) is 0 Å². The number of aliphatic hydroxyl groups is 1. The fraction of sp³-hybridized carbons (Fsp3) is 0.231. The van der Waals surface area contributed by atoms with Gasteiger partial charge >= 0.3 is 0 Å². The van der Waals surface area contributed by atoms with E-state index in [1.807, 2.05) is 18.2 Å². The van der Waals surface area contributed by atoms with Gasteiger partial charge in [-0.1, -0.05) is 28.1 Å². The average Bonchev–Trinajstić information content (AvgIpc) is 2.81. The summed E-state index contributed by atoms with van der Waals surface area (Å²) in [5, 5.41) is 11.2. The predicted molar refractivity (Wildman–Crippen MR) is 76.5 cm³/mol. The summed E-state index contributed by atoms with van der Waals surface area (Å²) in [5.41, 5.74) is 2.06. The van der Waals surface area contributed by atoms with Gasteiger partial charge in [-0.15, -0.1) is 11.3 Å². The van der Waals surface area contributed by atoms with Crippen LogP contribution in [0.1, 0.15) is 10.4 Å². The molecule has 1 heterocycles. The van der Waals surface area contributed by atoms with Crippen molar-refractivity contribution in [2.45, 2.75) is 13.2 Å². The van der Waals surface area contributed by atoms with E-state index in [1.165, 1.54) is 4.88 Å². The van der Waals surface area contributed by atoms with Gasteiger partial charge in [0.2, 0.25) is 0 Å². The Bertz CT molecular complexity index is 484. The van der Waals surface area contributed by atoms with Crippen LogP contribution in [0, 0.1) is 0 Å². The number of anilines is 1. The summed E-state index contributed by atoms with van der Waals surface area (Å²) < 4.78 is 0.954. The van der Waals surface area contributed by atoms with Gasteiger partial charge in [-0.3, -0.25) is 0 Å². The smallest absolute Gasteiger partial charge is 0.0692 e. The largest absolute Gasteiger partial charge is 0.392 e. The van der Waals surface area contributed by atoms with Crippen molar-refractivity contribution in [3.05, 3.63) is 50.6 Å². The molecule has 17 heavy (non-hydrogen) atoms. The SMILES string of the molecule is CN(Cc1cccs1)c1ccc(CO)c(Br)c1. The molecule has 90 valence electrons. The molecule has 1 aromatic carbocycles. The van der Waals surface area contributed by atoms with Crippen LogP contribution in [0.5, 0.6) is 0 Å². The third-order valence-electron chi connectivity index (χ3n) is 2.62. The van der Waals surface area contributed by atoms with Crippen molar-refractivity contribution in [3.8, 4) is 0 Å². The normalized spacial score (nSPS) is 10.5. The molecular weight excluding hydrogens is 298 g/mol. The van der Waals surface area contributed by atoms with Crippen molar-refractivity contribution in [3.63, 3.8) is 0 Å². The molecule has 0 aliphatic carbocycles. The summed E-state index contributed by atoms with van der Waals surface area (Å²) in [4.78, 5) is 3.53. The monoisotopic (exact) mass is 311 g/mol. The van der Waals surface area contributed by atoms with Crippen LogP contribution in [-0.4, -0.2) is 12.2 Å². The van der Waals surface area contributed by atoms with Gasteiger partial charge < -0.3 is 10.0 Å². The molecule has 0 unspecified atom stereocenters. The molecule has 0 aliphatic heterocycles. The number of thiophene rings is 1. The minimum atomic E-state index is 0.0650. The first kappa shape index (κ1) is 12.6. The summed E-state index contributed by atoms with van der Waals surface area (Å²) >= 11 is 5.23. The Labute approximate surface area is 114 Å². The zero-order valence-electron chi connectivity index (χ0n) is 9.56. The number of hydrogen-bond donors (Lipinski definition) is 1. The van der Waals surface area contributed by atoms with Gasteiger partial charge in [0.1, 0.15) is 0 Å². The zero-order valence-corrected chi connectivity index (χ0v) is 12.0. The number of benzene rings is 1. The minimum Gasteiger partial charge on any atom is -0.392 e. The molecule has 0 spiro atoms. The van der Waals surface area contributed by atoms with E-state index in [2.05, 4.69) is 45.4 Å². The minimum absolute atomic E-state index is 0.0650. The average molecular weight is 312 g/mol. The third-order valence-corrected chi connectivity index (χ3v) is 4.22. The van der Waals surface area contributed by atoms with Crippen LogP contribution < -0.4 is 4.90 Å². The highest BCUT2D eigenvalue weighted by Crippen LogP contribution is 2.25. The van der Waals surface area contributed by atoms with E-state index < -0.39 is 0 Å². The van der Waals surface area contributed by atoms with Crippen LogP contribution in [0.4, 0.5) is 5.69 Å². The lowest BCUT2D eigenvalue weighted by atomic mass is 10.2. The summed E-state index contributed by atoms with van der Waals surface area (Å²) in [7, 11) is 2.07. The molecular formula is C13H14BrNOS. The van der Waals surface area contributed by atoms with E-state index in [4.69, 9.17) is 5.11 Å². The van der Waals surface area contributed by atoms with Crippen LogP contribution in [0.25, 0.3) is 0 Å². The maximum Gasteiger partial charge on any atom is 0.0692 e. The lowest BCUT2D eigenvalue weighted by Gasteiger charge is -2.19. The molecule has 0 saturated heterocycles. The lowest BCUT2D eigenvalue weighted by Crippen LogP contribution is -2.15. The number of aliphatic hydroxyl groups excluding tert-OH is 1. The topological polar surface area (TPSA) is 23.5 Å². The van der Waals surface area contributed by atoms with Crippen molar-refractivity contribution in [1.82, 2.24) is 0 Å². The Hall–Kier alpha value is -0.840. The summed E-state index contributed by atoms with van der Waals surface area (Å²) in [6.07, 6.45) is 0. The fourth-order valence-electron chi connectivity index (χ4n) is 1.63. The molecule has 4 heteroatoms. The van der Waals surface area contributed by atoms with Crippen LogP contribution in [-0.2, 0) is 13.2 Å². The third kappa shape index (κ3) is 3.09. The molecule has 2 rings (SSSR count). The second-order valence-corrected chi connectivity index (χ2v) is 5.76. The Morgan fingerprint density at radius 1 is 1.35 bits per heavy atom. The van der Waals surface area contributed by atoms with E-state index in [0.717, 1.165) is 22.3 Å². The van der Waals surface area contributed by atoms with E-state index in [-0.39, 0.29) is 6.61 Å². The van der Waals surface area contributed by atoms with E-state index in [1.54, 1.807) is 11.3 Å². The highest BCUT2D eigenvalue weighted by molar-refractivity contribution is 9.10. The first-order valence-electron chi connectivity index (χ1n) is 5.33. The Balaban J connectivity index is 2.14. The second-order valence-electron chi connectivity index (χ2n) is 3.87. The summed E-state index contributed by atoms with van der Waals surface area (Å²) in [6.45, 7) is 0.970. The predicted octanol–water partition coefficient (Wildman–Crippen LogP) is 3.64. The van der Waals surface area contributed by atoms with Gasteiger partial charge in [0.05, 0.1) is 13.2 Å². The molecule has 0 atom stereocenters. The fourth-order valence-corrected chi connectivity index (χ4v) is 2.88. The van der Waals surface area contributed by atoms with Crippen LogP contribution in [0.3, 0.4) is 0 Å². The molecule has 0 saturated carbocycles. The lowest BCUT2D eigenvalue weighted by molar-refractivity contribution is 0.281. The van der Waals surface area contributed by atoms with Gasteiger partial charge in [-0.05, 0) is 29.1 Å². The first-order chi connectivity index (χ1) is 8.20. The summed E-state index contributed by atoms with van der Waals surface area (Å²) in [5.74, 6) is 0. The number of halogens is 1. The van der Waals surface area contributed by atoms with Crippen molar-refractivity contribution in [2.75, 3.05) is 11.9 Å². The van der Waals surface area contributed by atoms with Gasteiger partial charge in [-0.25, -0.2) is 0 Å². The molecule has 1 N–H and O–H groups in total. The van der Waals surface area contributed by atoms with Crippen molar-refractivity contribution in [1.29, 1.82) is 0 Å². The highest BCUT2D eigenvalue weighted by atomic mass is 79.9. The molecule has 2 aromatic rings. The number of rotatable bonds is 4. The Morgan fingerprint density at radius 2 is 2.18 bits per heavy atom. The quantitative estimate of drug-likeness (QED) is 0.932. The Morgan fingerprint density at radius 3 is 2.76 bits per heavy atom. The maximum atomic E-state index is 9.11. The maximum absolute atomic E-state index is 9.11. The van der Waals surface area contributed by atoms with Crippen molar-refractivity contribution >= 4 is 33.0 Å². The van der Waals surface area contributed by atoms with Gasteiger partial charge in [0, 0.05) is 22.1 Å². The van der Waals surface area contributed by atoms with E-state index in [0.29, 0.717) is 0 Å². The number of hydrogen-bond acceptors (Lipinski definition) is 3. The van der Waals surface area contributed by atoms with Crippen LogP contribution >= 0.6 is 27.3 Å². The molecule has 0 bridgehead atoms. The Kier molecular flexibility index (Phi) is 4.20. The van der Waals surface area contributed by atoms with Gasteiger partial charge in [0.25, 0.3) is 0 Å². The molecule has 2 nitrogen and oxygen atoms in total. The highest BCUT2D eigenvalue weighted by Gasteiger charge is 2.05. The molecule has 0 fully saturated rings. The molecule has 0 aliphatic rings. The van der Waals surface area contributed by atoms with Crippen LogP contribution in [0.15, 0.2) is 40.2 Å². The summed E-state index contributed by atoms with van der Waals surface area (Å²) in [6, 6.07) is 10.2. The first-order valence-corrected chi connectivity index (χ1v) is 7.01. The zero-order chi connectivity index (χ0) is 12.3. The standard InChI is InChI=1S/C13H14BrNOS/c1-15(8-12-3-2-6-17-12)11-5-4-10(9-16)13(14)7-11/h2-7,16H,8-9H2,1H3. The van der Waals surface area contributed by atoms with Crippen molar-refractivity contribution < 1.29 is 5.11 Å². The molecule has 1 aromatic heterocycles. The second kappa shape index (κ2) is 5.67. The van der Waals surface area contributed by atoms with Crippen molar-refractivity contribution in [2.24, 2.45) is 0 Å². The molecule has 0 radical (unpaired) electrons. The van der Waals surface area contributed by atoms with Crippen LogP contribution in [0.2, 0.25) is 0 Å². The number of nitrogens with zero attached hydrogens (tertiary/aromatic N) is 1.